The molecule has 3 nitrogen and oxygen atoms in total. The second-order valence-electron chi connectivity index (χ2n) is 4.57. The maximum absolute atomic E-state index is 12.0. The van der Waals surface area contributed by atoms with Crippen molar-refractivity contribution in [3.8, 4) is 5.75 Å². The maximum atomic E-state index is 12.0. The van der Waals surface area contributed by atoms with Gasteiger partial charge in [0.1, 0.15) is 5.75 Å². The lowest BCUT2D eigenvalue weighted by atomic mass is 10.2. The molecule has 0 aliphatic rings. The van der Waals surface area contributed by atoms with E-state index in [1.165, 1.54) is 0 Å². The van der Waals surface area contributed by atoms with Gasteiger partial charge in [-0.1, -0.05) is 33.6 Å². The first kappa shape index (κ1) is 14.6. The molecule has 1 N–H and O–H groups in total. The van der Waals surface area contributed by atoms with Gasteiger partial charge in [0.2, 0.25) is 0 Å². The molecule has 0 aliphatic carbocycles. The zero-order chi connectivity index (χ0) is 14.5. The normalized spacial score (nSPS) is 11.8. The van der Waals surface area contributed by atoms with Crippen LogP contribution in [-0.4, -0.2) is 12.0 Å². The Balaban J connectivity index is 1.94. The third-order valence-corrected chi connectivity index (χ3v) is 3.34. The van der Waals surface area contributed by atoms with Crippen LogP contribution in [0.5, 0.6) is 5.75 Å². The quantitative estimate of drug-likeness (QED) is 0.912. The van der Waals surface area contributed by atoms with Crippen LogP contribution < -0.4 is 10.1 Å². The second kappa shape index (κ2) is 6.57. The van der Waals surface area contributed by atoms with Crippen LogP contribution in [0.4, 0.5) is 5.69 Å². The average Bonchev–Trinajstić information content (AvgIpc) is 2.44. The molecule has 0 spiro atoms. The molecule has 4 heteroatoms. The standard InChI is InChI=1S/C16H16BrNO2/c1-11-3-9-15(10-4-11)20-12(2)16(19)18-14-7-5-13(17)6-8-14/h3-10,12H,1-2H3,(H,18,19)/t12-/m1/s1. The Morgan fingerprint density at radius 2 is 1.70 bits per heavy atom. The topological polar surface area (TPSA) is 38.3 Å². The fourth-order valence-electron chi connectivity index (χ4n) is 1.65. The smallest absolute Gasteiger partial charge is 0.265 e. The number of halogens is 1. The molecule has 0 saturated carbocycles. The Bertz CT molecular complexity index is 578. The van der Waals surface area contributed by atoms with Crippen molar-refractivity contribution in [1.82, 2.24) is 0 Å². The summed E-state index contributed by atoms with van der Waals surface area (Å²) >= 11 is 3.35. The summed E-state index contributed by atoms with van der Waals surface area (Å²) in [4.78, 5) is 12.0. The van der Waals surface area contributed by atoms with Gasteiger partial charge in [0.25, 0.3) is 5.91 Å². The van der Waals surface area contributed by atoms with Crippen LogP contribution in [0.15, 0.2) is 53.0 Å². The van der Waals surface area contributed by atoms with Crippen LogP contribution in [0.3, 0.4) is 0 Å². The highest BCUT2D eigenvalue weighted by Gasteiger charge is 2.14. The van der Waals surface area contributed by atoms with Crippen LogP contribution in [-0.2, 0) is 4.79 Å². The molecule has 0 fully saturated rings. The number of benzene rings is 2. The van der Waals surface area contributed by atoms with Gasteiger partial charge in [-0.15, -0.1) is 0 Å². The number of carbonyl (C=O) groups excluding carboxylic acids is 1. The minimum atomic E-state index is -0.554. The van der Waals surface area contributed by atoms with E-state index in [4.69, 9.17) is 4.74 Å². The van der Waals surface area contributed by atoms with Gasteiger partial charge in [-0.05, 0) is 50.2 Å². The van der Waals surface area contributed by atoms with Crippen molar-refractivity contribution in [2.75, 3.05) is 5.32 Å². The number of nitrogens with one attached hydrogen (secondary N) is 1. The van der Waals surface area contributed by atoms with E-state index >= 15 is 0 Å². The summed E-state index contributed by atoms with van der Waals surface area (Å²) in [5.41, 5.74) is 1.90. The Morgan fingerprint density at radius 1 is 1.10 bits per heavy atom. The molecule has 0 unspecified atom stereocenters. The van der Waals surface area contributed by atoms with Crippen molar-refractivity contribution in [2.45, 2.75) is 20.0 Å². The molecule has 20 heavy (non-hydrogen) atoms. The van der Waals surface area contributed by atoms with Gasteiger partial charge in [-0.2, -0.15) is 0 Å². The molecule has 1 atom stereocenters. The number of ether oxygens (including phenoxy) is 1. The van der Waals surface area contributed by atoms with Crippen LogP contribution in [0.1, 0.15) is 12.5 Å². The molecule has 2 aromatic rings. The largest absolute Gasteiger partial charge is 0.481 e. The Morgan fingerprint density at radius 3 is 2.30 bits per heavy atom. The molecule has 2 rings (SSSR count). The molecule has 1 amide bonds. The Kier molecular flexibility index (Phi) is 4.79. The highest BCUT2D eigenvalue weighted by atomic mass is 79.9. The zero-order valence-electron chi connectivity index (χ0n) is 11.4. The summed E-state index contributed by atoms with van der Waals surface area (Å²) in [5, 5.41) is 2.82. The van der Waals surface area contributed by atoms with Gasteiger partial charge in [0, 0.05) is 10.2 Å². The Labute approximate surface area is 127 Å². The van der Waals surface area contributed by atoms with Gasteiger partial charge < -0.3 is 10.1 Å². The minimum Gasteiger partial charge on any atom is -0.481 e. The molecule has 2 aromatic carbocycles. The number of hydrogen-bond acceptors (Lipinski definition) is 2. The van der Waals surface area contributed by atoms with Gasteiger partial charge >= 0.3 is 0 Å². The van der Waals surface area contributed by atoms with E-state index in [-0.39, 0.29) is 5.91 Å². The van der Waals surface area contributed by atoms with E-state index < -0.39 is 6.10 Å². The fourth-order valence-corrected chi connectivity index (χ4v) is 1.92. The first-order chi connectivity index (χ1) is 9.54. The van der Waals surface area contributed by atoms with Gasteiger partial charge in [-0.3, -0.25) is 4.79 Å². The minimum absolute atomic E-state index is 0.173. The van der Waals surface area contributed by atoms with E-state index in [2.05, 4.69) is 21.2 Å². The van der Waals surface area contributed by atoms with E-state index in [0.29, 0.717) is 5.75 Å². The highest BCUT2D eigenvalue weighted by Crippen LogP contribution is 2.16. The van der Waals surface area contributed by atoms with Crippen LogP contribution in [0.25, 0.3) is 0 Å². The predicted molar refractivity (Wildman–Crippen MR) is 84.0 cm³/mol. The molecule has 0 radical (unpaired) electrons. The van der Waals surface area contributed by atoms with Crippen LogP contribution in [0, 0.1) is 6.92 Å². The SMILES string of the molecule is Cc1ccc(O[C@H](C)C(=O)Nc2ccc(Br)cc2)cc1. The van der Waals surface area contributed by atoms with E-state index in [1.54, 1.807) is 6.92 Å². The van der Waals surface area contributed by atoms with Gasteiger partial charge in [0.05, 0.1) is 0 Å². The van der Waals surface area contributed by atoms with Crippen molar-refractivity contribution in [1.29, 1.82) is 0 Å². The van der Waals surface area contributed by atoms with Crippen molar-refractivity contribution in [3.63, 3.8) is 0 Å². The monoisotopic (exact) mass is 333 g/mol. The summed E-state index contributed by atoms with van der Waals surface area (Å²) < 4.78 is 6.58. The molecule has 0 aliphatic heterocycles. The first-order valence-electron chi connectivity index (χ1n) is 6.34. The van der Waals surface area contributed by atoms with Crippen molar-refractivity contribution < 1.29 is 9.53 Å². The lowest BCUT2D eigenvalue weighted by Crippen LogP contribution is -2.30. The summed E-state index contributed by atoms with van der Waals surface area (Å²) in [7, 11) is 0. The number of carbonyl (C=O) groups is 1. The number of anilines is 1. The maximum Gasteiger partial charge on any atom is 0.265 e. The molecule has 0 heterocycles. The van der Waals surface area contributed by atoms with Crippen molar-refractivity contribution in [2.24, 2.45) is 0 Å². The van der Waals surface area contributed by atoms with E-state index in [9.17, 15) is 4.79 Å². The predicted octanol–water partition coefficient (Wildman–Crippen LogP) is 4.16. The fraction of sp³-hybridized carbons (Fsp3) is 0.188. The number of amides is 1. The lowest BCUT2D eigenvalue weighted by Gasteiger charge is -2.15. The first-order valence-corrected chi connectivity index (χ1v) is 7.13. The van der Waals surface area contributed by atoms with Crippen molar-refractivity contribution >= 4 is 27.5 Å². The second-order valence-corrected chi connectivity index (χ2v) is 5.48. The third-order valence-electron chi connectivity index (χ3n) is 2.81. The third kappa shape index (κ3) is 4.10. The zero-order valence-corrected chi connectivity index (χ0v) is 13.0. The molecule has 0 aromatic heterocycles. The molecular formula is C16H16BrNO2. The van der Waals surface area contributed by atoms with E-state index in [0.717, 1.165) is 15.7 Å². The molecule has 0 bridgehead atoms. The van der Waals surface area contributed by atoms with Gasteiger partial charge in [0.15, 0.2) is 6.10 Å². The summed E-state index contributed by atoms with van der Waals surface area (Å²) in [6.45, 7) is 3.74. The highest BCUT2D eigenvalue weighted by molar-refractivity contribution is 9.10. The lowest BCUT2D eigenvalue weighted by molar-refractivity contribution is -0.122. The number of aryl methyl sites for hydroxylation is 1. The number of hydrogen-bond donors (Lipinski definition) is 1. The molecular weight excluding hydrogens is 318 g/mol. The number of rotatable bonds is 4. The van der Waals surface area contributed by atoms with Crippen LogP contribution >= 0.6 is 15.9 Å². The summed E-state index contributed by atoms with van der Waals surface area (Å²) in [6.07, 6.45) is -0.554. The summed E-state index contributed by atoms with van der Waals surface area (Å²) in [6, 6.07) is 15.0. The summed E-state index contributed by atoms with van der Waals surface area (Å²) in [5.74, 6) is 0.516. The van der Waals surface area contributed by atoms with Crippen LogP contribution in [0.2, 0.25) is 0 Å². The van der Waals surface area contributed by atoms with E-state index in [1.807, 2.05) is 55.5 Å². The Hall–Kier alpha value is -1.81. The molecule has 104 valence electrons. The van der Waals surface area contributed by atoms with Gasteiger partial charge in [-0.25, -0.2) is 0 Å². The van der Waals surface area contributed by atoms with Crippen molar-refractivity contribution in [3.05, 3.63) is 58.6 Å². The average molecular weight is 334 g/mol. The molecule has 0 saturated heterocycles.